The molecule has 0 aliphatic heterocycles. The third-order valence-corrected chi connectivity index (χ3v) is 1.97. The normalized spacial score (nSPS) is 11.5. The van der Waals surface area contributed by atoms with Gasteiger partial charge in [-0.3, -0.25) is 4.79 Å². The topological polar surface area (TPSA) is 35.5 Å². The smallest absolute Gasteiger partial charge is 0.189 e. The van der Waals surface area contributed by atoms with Crippen LogP contribution in [0.2, 0.25) is 0 Å². The van der Waals surface area contributed by atoms with Crippen LogP contribution in [0.15, 0.2) is 11.8 Å². The van der Waals surface area contributed by atoms with Crippen molar-refractivity contribution in [3.8, 4) is 0 Å². The lowest BCUT2D eigenvalue weighted by atomic mass is 10.2. The maximum atomic E-state index is 10.6. The van der Waals surface area contributed by atoms with Gasteiger partial charge in [-0.2, -0.15) is 0 Å². The van der Waals surface area contributed by atoms with E-state index in [0.29, 0.717) is 12.4 Å². The first-order valence-corrected chi connectivity index (χ1v) is 5.71. The number of unbranched alkanes of at least 4 members (excludes halogenated alkanes) is 3. The summed E-state index contributed by atoms with van der Waals surface area (Å²) < 4.78 is 10.3. The Kier molecular flexibility index (Phi) is 10.6. The van der Waals surface area contributed by atoms with Crippen molar-refractivity contribution >= 4 is 6.29 Å². The van der Waals surface area contributed by atoms with Crippen LogP contribution >= 0.6 is 0 Å². The number of carbonyl (C=O) groups is 1. The summed E-state index contributed by atoms with van der Waals surface area (Å²) in [6.07, 6.45) is 7.78. The molecule has 0 radical (unpaired) electrons. The van der Waals surface area contributed by atoms with Crippen molar-refractivity contribution in [2.45, 2.75) is 46.0 Å². The first kappa shape index (κ1) is 14.2. The molecule has 0 N–H and O–H groups in total. The number of ether oxygens (including phenoxy) is 2. The first-order valence-electron chi connectivity index (χ1n) is 5.71. The van der Waals surface area contributed by atoms with E-state index in [0.717, 1.165) is 38.4 Å². The van der Waals surface area contributed by atoms with Crippen LogP contribution in [-0.2, 0) is 14.3 Å². The molecule has 0 aromatic carbocycles. The quantitative estimate of drug-likeness (QED) is 0.184. The van der Waals surface area contributed by atoms with E-state index in [1.165, 1.54) is 0 Å². The lowest BCUT2D eigenvalue weighted by Crippen LogP contribution is -2.02. The molecule has 0 aromatic heterocycles. The highest BCUT2D eigenvalue weighted by Gasteiger charge is 1.95. The Morgan fingerprint density at radius 2 is 1.93 bits per heavy atom. The summed E-state index contributed by atoms with van der Waals surface area (Å²) in [5.41, 5.74) is 0. The zero-order chi connectivity index (χ0) is 11.4. The molecule has 15 heavy (non-hydrogen) atoms. The second-order valence-electron chi connectivity index (χ2n) is 3.39. The van der Waals surface area contributed by atoms with Crippen LogP contribution < -0.4 is 0 Å². The molecular formula is C12H22O3. The Labute approximate surface area is 92.5 Å². The summed E-state index contributed by atoms with van der Waals surface area (Å²) in [7, 11) is 0. The summed E-state index contributed by atoms with van der Waals surface area (Å²) in [5, 5.41) is 0. The molecule has 88 valence electrons. The van der Waals surface area contributed by atoms with Gasteiger partial charge in [0.05, 0.1) is 6.61 Å². The molecule has 0 aliphatic carbocycles. The summed E-state index contributed by atoms with van der Waals surface area (Å²) in [6, 6.07) is 0. The Bertz CT molecular complexity index is 176. The summed E-state index contributed by atoms with van der Waals surface area (Å²) in [4.78, 5) is 10.6. The molecule has 0 aliphatic rings. The largest absolute Gasteiger partial charge is 0.464 e. The third kappa shape index (κ3) is 9.47. The Morgan fingerprint density at radius 3 is 2.53 bits per heavy atom. The van der Waals surface area contributed by atoms with Crippen molar-refractivity contribution in [3.05, 3.63) is 11.8 Å². The molecule has 3 nitrogen and oxygen atoms in total. The standard InChI is InChI=1S/C12H22O3/c1-3-5-7-8-12(10-13)15-11-14-9-6-4-2/h8,10H,3-7,9,11H2,1-2H3/b12-8+. The molecule has 0 aromatic rings. The minimum Gasteiger partial charge on any atom is -0.464 e. The van der Waals surface area contributed by atoms with E-state index in [4.69, 9.17) is 9.47 Å². The van der Waals surface area contributed by atoms with Gasteiger partial charge < -0.3 is 9.47 Å². The van der Waals surface area contributed by atoms with E-state index in [1.807, 2.05) is 6.08 Å². The van der Waals surface area contributed by atoms with Gasteiger partial charge in [0.2, 0.25) is 0 Å². The summed E-state index contributed by atoms with van der Waals surface area (Å²) >= 11 is 0. The molecule has 3 heteroatoms. The van der Waals surface area contributed by atoms with Gasteiger partial charge in [-0.05, 0) is 25.3 Å². The van der Waals surface area contributed by atoms with Crippen molar-refractivity contribution in [1.82, 2.24) is 0 Å². The fraction of sp³-hybridized carbons (Fsp3) is 0.750. The zero-order valence-electron chi connectivity index (χ0n) is 9.83. The van der Waals surface area contributed by atoms with Crippen molar-refractivity contribution in [1.29, 1.82) is 0 Å². The Hall–Kier alpha value is -0.830. The van der Waals surface area contributed by atoms with Crippen molar-refractivity contribution in [3.63, 3.8) is 0 Å². The Balaban J connectivity index is 3.51. The van der Waals surface area contributed by atoms with Crippen molar-refractivity contribution in [2.75, 3.05) is 13.4 Å². The van der Waals surface area contributed by atoms with E-state index in [1.54, 1.807) is 0 Å². The molecule has 0 amide bonds. The minimum absolute atomic E-state index is 0.177. The molecule has 0 saturated heterocycles. The number of carbonyl (C=O) groups excluding carboxylic acids is 1. The molecule has 0 spiro atoms. The van der Waals surface area contributed by atoms with E-state index in [9.17, 15) is 4.79 Å². The zero-order valence-corrected chi connectivity index (χ0v) is 9.83. The predicted octanol–water partition coefficient (Wildman–Crippen LogP) is 3.05. The molecule has 0 unspecified atom stereocenters. The fourth-order valence-corrected chi connectivity index (χ4v) is 1.00. The molecule has 0 rings (SSSR count). The third-order valence-electron chi connectivity index (χ3n) is 1.97. The van der Waals surface area contributed by atoms with Crippen LogP contribution in [0.25, 0.3) is 0 Å². The monoisotopic (exact) mass is 214 g/mol. The lowest BCUT2D eigenvalue weighted by Gasteiger charge is -2.05. The van der Waals surface area contributed by atoms with Gasteiger partial charge in [0.1, 0.15) is 0 Å². The highest BCUT2D eigenvalue weighted by Crippen LogP contribution is 2.01. The van der Waals surface area contributed by atoms with Crippen molar-refractivity contribution < 1.29 is 14.3 Å². The van der Waals surface area contributed by atoms with Crippen LogP contribution in [0.1, 0.15) is 46.0 Å². The number of allylic oxidation sites excluding steroid dienone is 2. The van der Waals surface area contributed by atoms with Crippen molar-refractivity contribution in [2.24, 2.45) is 0 Å². The highest BCUT2D eigenvalue weighted by atomic mass is 16.7. The molecule has 0 bridgehead atoms. The van der Waals surface area contributed by atoms with Crippen LogP contribution in [0.3, 0.4) is 0 Å². The number of hydrogen-bond acceptors (Lipinski definition) is 3. The van der Waals surface area contributed by atoms with Crippen LogP contribution in [0.4, 0.5) is 0 Å². The lowest BCUT2D eigenvalue weighted by molar-refractivity contribution is -0.111. The number of rotatable bonds is 10. The van der Waals surface area contributed by atoms with Crippen LogP contribution in [-0.4, -0.2) is 19.7 Å². The van der Waals surface area contributed by atoms with Gasteiger partial charge in [-0.15, -0.1) is 0 Å². The Morgan fingerprint density at radius 1 is 1.20 bits per heavy atom. The second-order valence-corrected chi connectivity index (χ2v) is 3.39. The average Bonchev–Trinajstić information content (AvgIpc) is 2.26. The summed E-state index contributed by atoms with van der Waals surface area (Å²) in [5.74, 6) is 0.389. The fourth-order valence-electron chi connectivity index (χ4n) is 1.00. The maximum absolute atomic E-state index is 10.6. The van der Waals surface area contributed by atoms with E-state index >= 15 is 0 Å². The van der Waals surface area contributed by atoms with Crippen LogP contribution in [0, 0.1) is 0 Å². The number of aldehydes is 1. The summed E-state index contributed by atoms with van der Waals surface area (Å²) in [6.45, 7) is 5.09. The first-order chi connectivity index (χ1) is 7.35. The molecule has 0 heterocycles. The van der Waals surface area contributed by atoms with Gasteiger partial charge in [-0.25, -0.2) is 0 Å². The van der Waals surface area contributed by atoms with Gasteiger partial charge in [0.25, 0.3) is 0 Å². The molecule has 0 atom stereocenters. The van der Waals surface area contributed by atoms with Crippen LogP contribution in [0.5, 0.6) is 0 Å². The number of hydrogen-bond donors (Lipinski definition) is 0. The minimum atomic E-state index is 0.177. The molecular weight excluding hydrogens is 192 g/mol. The SMILES string of the molecule is CCCC/C=C(\C=O)OCOCCCC. The van der Waals surface area contributed by atoms with Gasteiger partial charge in [0, 0.05) is 0 Å². The highest BCUT2D eigenvalue weighted by molar-refractivity contribution is 5.69. The van der Waals surface area contributed by atoms with E-state index < -0.39 is 0 Å². The van der Waals surface area contributed by atoms with E-state index in [2.05, 4.69) is 13.8 Å². The molecule has 0 fully saturated rings. The van der Waals surface area contributed by atoms with Gasteiger partial charge in [0.15, 0.2) is 18.8 Å². The van der Waals surface area contributed by atoms with E-state index in [-0.39, 0.29) is 6.79 Å². The second kappa shape index (κ2) is 11.2. The average molecular weight is 214 g/mol. The van der Waals surface area contributed by atoms with Gasteiger partial charge in [-0.1, -0.05) is 26.7 Å². The predicted molar refractivity (Wildman–Crippen MR) is 60.5 cm³/mol. The molecule has 0 saturated carbocycles. The maximum Gasteiger partial charge on any atom is 0.189 e. The van der Waals surface area contributed by atoms with Gasteiger partial charge >= 0.3 is 0 Å².